The van der Waals surface area contributed by atoms with Crippen molar-refractivity contribution in [2.45, 2.75) is 19.1 Å². The first-order chi connectivity index (χ1) is 9.97. The van der Waals surface area contributed by atoms with Gasteiger partial charge in [0.15, 0.2) is 11.6 Å². The highest BCUT2D eigenvalue weighted by Gasteiger charge is 2.17. The van der Waals surface area contributed by atoms with E-state index in [-0.39, 0.29) is 17.7 Å². The first kappa shape index (κ1) is 15.3. The number of rotatable bonds is 5. The average molecular weight is 300 g/mol. The van der Waals surface area contributed by atoms with Crippen molar-refractivity contribution in [2.75, 3.05) is 0 Å². The van der Waals surface area contributed by atoms with Crippen LogP contribution in [0.4, 0.5) is 17.6 Å². The molecular formula is C15H12F4O2. The van der Waals surface area contributed by atoms with E-state index in [1.807, 2.05) is 0 Å². The van der Waals surface area contributed by atoms with Gasteiger partial charge in [0.25, 0.3) is 0 Å². The van der Waals surface area contributed by atoms with Gasteiger partial charge < -0.3 is 9.84 Å². The zero-order valence-corrected chi connectivity index (χ0v) is 10.8. The molecule has 0 fully saturated rings. The monoisotopic (exact) mass is 300 g/mol. The van der Waals surface area contributed by atoms with Crippen LogP contribution in [0.15, 0.2) is 42.5 Å². The van der Waals surface area contributed by atoms with Crippen molar-refractivity contribution in [1.29, 1.82) is 0 Å². The molecule has 0 bridgehead atoms. The second-order valence-electron chi connectivity index (χ2n) is 4.38. The molecule has 2 aromatic rings. The van der Waals surface area contributed by atoms with Gasteiger partial charge in [-0.1, -0.05) is 24.3 Å². The zero-order chi connectivity index (χ0) is 15.4. The van der Waals surface area contributed by atoms with E-state index in [1.165, 1.54) is 24.3 Å². The molecule has 0 heterocycles. The fraction of sp³-hybridized carbons (Fsp3) is 0.200. The normalized spacial score (nSPS) is 12.5. The Bertz CT molecular complexity index is 616. The maximum absolute atomic E-state index is 13.1. The summed E-state index contributed by atoms with van der Waals surface area (Å²) >= 11 is 0. The molecule has 2 nitrogen and oxygen atoms in total. The van der Waals surface area contributed by atoms with Crippen LogP contribution >= 0.6 is 0 Å². The van der Waals surface area contributed by atoms with Gasteiger partial charge in [0.1, 0.15) is 5.75 Å². The number of ether oxygens (including phenoxy) is 1. The molecule has 0 amide bonds. The summed E-state index contributed by atoms with van der Waals surface area (Å²) in [6.07, 6.45) is -1.23. The Balaban J connectivity index is 2.19. The summed E-state index contributed by atoms with van der Waals surface area (Å²) in [6.45, 7) is -3.01. The summed E-state index contributed by atoms with van der Waals surface area (Å²) in [5, 5.41) is 10.1. The third-order valence-electron chi connectivity index (χ3n) is 2.91. The summed E-state index contributed by atoms with van der Waals surface area (Å²) < 4.78 is 54.8. The lowest BCUT2D eigenvalue weighted by Gasteiger charge is -2.16. The molecule has 0 radical (unpaired) electrons. The summed E-state index contributed by atoms with van der Waals surface area (Å²) in [7, 11) is 0. The third kappa shape index (κ3) is 3.95. The van der Waals surface area contributed by atoms with Crippen molar-refractivity contribution >= 4 is 0 Å². The molecule has 1 atom stereocenters. The van der Waals surface area contributed by atoms with Crippen LogP contribution in [0.3, 0.4) is 0 Å². The molecule has 0 aliphatic carbocycles. The standard InChI is InChI=1S/C15H12F4O2/c16-11-6-5-9(7-12(11)17)8-13(20)10-3-1-2-4-14(10)21-15(18)19/h1-7,13,15,20H,8H2. The molecule has 1 unspecified atom stereocenters. The average Bonchev–Trinajstić information content (AvgIpc) is 2.43. The van der Waals surface area contributed by atoms with Gasteiger partial charge >= 0.3 is 6.61 Å². The van der Waals surface area contributed by atoms with Gasteiger partial charge in [0.05, 0.1) is 6.10 Å². The second-order valence-corrected chi connectivity index (χ2v) is 4.38. The van der Waals surface area contributed by atoms with Gasteiger partial charge in [-0.05, 0) is 23.8 Å². The summed E-state index contributed by atoms with van der Waals surface area (Å²) in [4.78, 5) is 0. The number of hydrogen-bond donors (Lipinski definition) is 1. The first-order valence-corrected chi connectivity index (χ1v) is 6.13. The molecule has 0 saturated carbocycles. The highest BCUT2D eigenvalue weighted by Crippen LogP contribution is 2.29. The van der Waals surface area contributed by atoms with Crippen LogP contribution in [-0.4, -0.2) is 11.7 Å². The Kier molecular flexibility index (Phi) is 4.80. The van der Waals surface area contributed by atoms with Gasteiger partial charge in [-0.2, -0.15) is 8.78 Å². The van der Waals surface area contributed by atoms with Crippen LogP contribution in [0.5, 0.6) is 5.75 Å². The molecule has 0 aliphatic heterocycles. The number of hydrogen-bond acceptors (Lipinski definition) is 2. The van der Waals surface area contributed by atoms with Gasteiger partial charge in [-0.3, -0.25) is 0 Å². The number of benzene rings is 2. The second kappa shape index (κ2) is 6.58. The number of aliphatic hydroxyl groups excluding tert-OH is 1. The van der Waals surface area contributed by atoms with Crippen molar-refractivity contribution in [2.24, 2.45) is 0 Å². The summed E-state index contributed by atoms with van der Waals surface area (Å²) in [6, 6.07) is 9.00. The molecule has 2 aromatic carbocycles. The van der Waals surface area contributed by atoms with E-state index in [4.69, 9.17) is 0 Å². The Labute approximate surface area is 118 Å². The van der Waals surface area contributed by atoms with Crippen LogP contribution in [0, 0.1) is 11.6 Å². The molecule has 21 heavy (non-hydrogen) atoms. The quantitative estimate of drug-likeness (QED) is 0.850. The molecule has 0 spiro atoms. The highest BCUT2D eigenvalue weighted by molar-refractivity contribution is 5.36. The van der Waals surface area contributed by atoms with Crippen LogP contribution in [0.25, 0.3) is 0 Å². The van der Waals surface area contributed by atoms with Crippen molar-refractivity contribution in [3.8, 4) is 5.75 Å². The molecule has 1 N–H and O–H groups in total. The maximum Gasteiger partial charge on any atom is 0.387 e. The molecule has 112 valence electrons. The minimum absolute atomic E-state index is 0.0548. The maximum atomic E-state index is 13.1. The van der Waals surface area contributed by atoms with Crippen molar-refractivity contribution < 1.29 is 27.4 Å². The van der Waals surface area contributed by atoms with Gasteiger partial charge in [0.2, 0.25) is 0 Å². The van der Waals surface area contributed by atoms with Crippen LogP contribution in [-0.2, 0) is 6.42 Å². The minimum Gasteiger partial charge on any atom is -0.434 e. The number of aliphatic hydroxyl groups is 1. The van der Waals surface area contributed by atoms with Crippen molar-refractivity contribution in [3.05, 3.63) is 65.2 Å². The van der Waals surface area contributed by atoms with E-state index in [1.54, 1.807) is 6.07 Å². The molecule has 6 heteroatoms. The van der Waals surface area contributed by atoms with E-state index < -0.39 is 24.3 Å². The molecule has 0 aromatic heterocycles. The molecule has 0 aliphatic rings. The lowest BCUT2D eigenvalue weighted by Crippen LogP contribution is -2.08. The van der Waals surface area contributed by atoms with Crippen molar-refractivity contribution in [1.82, 2.24) is 0 Å². The smallest absolute Gasteiger partial charge is 0.387 e. The van der Waals surface area contributed by atoms with Crippen LogP contribution < -0.4 is 4.74 Å². The topological polar surface area (TPSA) is 29.5 Å². The Morgan fingerprint density at radius 3 is 2.38 bits per heavy atom. The Hall–Kier alpha value is -2.08. The van der Waals surface area contributed by atoms with E-state index >= 15 is 0 Å². The fourth-order valence-corrected chi connectivity index (χ4v) is 1.96. The Morgan fingerprint density at radius 1 is 1.00 bits per heavy atom. The van der Waals surface area contributed by atoms with E-state index in [0.717, 1.165) is 12.1 Å². The number of halogens is 4. The Morgan fingerprint density at radius 2 is 1.71 bits per heavy atom. The lowest BCUT2D eigenvalue weighted by molar-refractivity contribution is -0.0515. The molecule has 2 rings (SSSR count). The van der Waals surface area contributed by atoms with Crippen LogP contribution in [0.2, 0.25) is 0 Å². The minimum atomic E-state index is -3.01. The molecule has 0 saturated heterocycles. The predicted octanol–water partition coefficient (Wildman–Crippen LogP) is 3.84. The van der Waals surface area contributed by atoms with Gasteiger partial charge in [0, 0.05) is 12.0 Å². The third-order valence-corrected chi connectivity index (χ3v) is 2.91. The SMILES string of the molecule is OC(Cc1ccc(F)c(F)c1)c1ccccc1OC(F)F. The highest BCUT2D eigenvalue weighted by atomic mass is 19.3. The summed E-state index contributed by atoms with van der Waals surface area (Å²) in [5.74, 6) is -2.17. The first-order valence-electron chi connectivity index (χ1n) is 6.13. The fourth-order valence-electron chi connectivity index (χ4n) is 1.96. The predicted molar refractivity (Wildman–Crippen MR) is 68.1 cm³/mol. The van der Waals surface area contributed by atoms with Gasteiger partial charge in [-0.15, -0.1) is 0 Å². The number of alkyl halides is 2. The van der Waals surface area contributed by atoms with Crippen molar-refractivity contribution in [3.63, 3.8) is 0 Å². The number of para-hydroxylation sites is 1. The van der Waals surface area contributed by atoms with E-state index in [2.05, 4.69) is 4.74 Å². The van der Waals surface area contributed by atoms with E-state index in [9.17, 15) is 22.7 Å². The van der Waals surface area contributed by atoms with Crippen LogP contribution in [0.1, 0.15) is 17.2 Å². The summed E-state index contributed by atoms with van der Waals surface area (Å²) in [5.41, 5.74) is 0.496. The largest absolute Gasteiger partial charge is 0.434 e. The molecular weight excluding hydrogens is 288 g/mol. The zero-order valence-electron chi connectivity index (χ0n) is 10.8. The lowest BCUT2D eigenvalue weighted by atomic mass is 10.0. The van der Waals surface area contributed by atoms with Gasteiger partial charge in [-0.25, -0.2) is 8.78 Å². The van der Waals surface area contributed by atoms with E-state index in [0.29, 0.717) is 5.56 Å².